The summed E-state index contributed by atoms with van der Waals surface area (Å²) in [7, 11) is 0. The molecule has 1 fully saturated rings. The number of para-hydroxylation sites is 1. The van der Waals surface area contributed by atoms with Crippen LogP contribution >= 0.6 is 0 Å². The molecule has 0 aliphatic carbocycles. The van der Waals surface area contributed by atoms with E-state index in [-0.39, 0.29) is 0 Å². The highest BCUT2D eigenvalue weighted by Gasteiger charge is 2.11. The summed E-state index contributed by atoms with van der Waals surface area (Å²) in [5.41, 5.74) is 2.13. The van der Waals surface area contributed by atoms with Crippen molar-refractivity contribution in [2.75, 3.05) is 19.6 Å². The van der Waals surface area contributed by atoms with Gasteiger partial charge in [0.25, 0.3) is 0 Å². The molecule has 1 saturated heterocycles. The monoisotopic (exact) mass is 216 g/mol. The standard InChI is InChI=1S/C12H16N4/c1-2-6-12-11(5-1)13-14-16(12)10-9-15-7-3-4-8-15/h1-2,5-6H,3-4,7-10H2. The summed E-state index contributed by atoms with van der Waals surface area (Å²) < 4.78 is 2.01. The Morgan fingerprint density at radius 1 is 1.06 bits per heavy atom. The molecule has 3 rings (SSSR count). The van der Waals surface area contributed by atoms with Crippen molar-refractivity contribution in [3.8, 4) is 0 Å². The van der Waals surface area contributed by atoms with Crippen molar-refractivity contribution >= 4 is 11.0 Å². The van der Waals surface area contributed by atoms with E-state index in [0.717, 1.165) is 24.1 Å². The van der Waals surface area contributed by atoms with Crippen LogP contribution in [0.4, 0.5) is 0 Å². The van der Waals surface area contributed by atoms with Gasteiger partial charge in [-0.3, -0.25) is 0 Å². The van der Waals surface area contributed by atoms with Gasteiger partial charge in [0.05, 0.1) is 12.1 Å². The molecule has 16 heavy (non-hydrogen) atoms. The van der Waals surface area contributed by atoms with E-state index < -0.39 is 0 Å². The minimum absolute atomic E-state index is 0.945. The Kier molecular flexibility index (Phi) is 2.58. The van der Waals surface area contributed by atoms with Gasteiger partial charge in [0.15, 0.2) is 0 Å². The lowest BCUT2D eigenvalue weighted by molar-refractivity contribution is 0.316. The first-order valence-corrected chi connectivity index (χ1v) is 5.94. The zero-order valence-corrected chi connectivity index (χ0v) is 9.34. The van der Waals surface area contributed by atoms with E-state index in [9.17, 15) is 0 Å². The lowest BCUT2D eigenvalue weighted by atomic mass is 10.3. The van der Waals surface area contributed by atoms with Gasteiger partial charge >= 0.3 is 0 Å². The predicted molar refractivity (Wildman–Crippen MR) is 63.2 cm³/mol. The maximum Gasteiger partial charge on any atom is 0.113 e. The molecule has 84 valence electrons. The molecule has 0 bridgehead atoms. The molecule has 0 N–H and O–H groups in total. The number of fused-ring (bicyclic) bond motifs is 1. The second-order valence-corrected chi connectivity index (χ2v) is 4.35. The summed E-state index contributed by atoms with van der Waals surface area (Å²) in [5, 5.41) is 8.35. The van der Waals surface area contributed by atoms with Crippen LogP contribution in [0.1, 0.15) is 12.8 Å². The highest BCUT2D eigenvalue weighted by atomic mass is 15.4. The van der Waals surface area contributed by atoms with Gasteiger partial charge in [-0.05, 0) is 38.1 Å². The van der Waals surface area contributed by atoms with Crippen molar-refractivity contribution < 1.29 is 0 Å². The Morgan fingerprint density at radius 3 is 2.75 bits per heavy atom. The third-order valence-corrected chi connectivity index (χ3v) is 3.25. The summed E-state index contributed by atoms with van der Waals surface area (Å²) in [5.74, 6) is 0. The molecule has 4 heteroatoms. The predicted octanol–water partition coefficient (Wildman–Crippen LogP) is 1.53. The third-order valence-electron chi connectivity index (χ3n) is 3.25. The van der Waals surface area contributed by atoms with Crippen LogP contribution in [0.25, 0.3) is 11.0 Å². The van der Waals surface area contributed by atoms with Gasteiger partial charge in [-0.25, -0.2) is 4.68 Å². The van der Waals surface area contributed by atoms with E-state index in [4.69, 9.17) is 0 Å². The molecule has 0 unspecified atom stereocenters. The molecule has 0 spiro atoms. The van der Waals surface area contributed by atoms with Crippen LogP contribution in [0.5, 0.6) is 0 Å². The molecule has 0 atom stereocenters. The molecule has 0 saturated carbocycles. The Hall–Kier alpha value is -1.42. The molecule has 1 aromatic heterocycles. The fourth-order valence-electron chi connectivity index (χ4n) is 2.32. The van der Waals surface area contributed by atoms with Crippen LogP contribution in [0.2, 0.25) is 0 Å². The maximum atomic E-state index is 4.20. The Morgan fingerprint density at radius 2 is 1.88 bits per heavy atom. The van der Waals surface area contributed by atoms with E-state index in [0.29, 0.717) is 0 Å². The largest absolute Gasteiger partial charge is 0.301 e. The van der Waals surface area contributed by atoms with Crippen LogP contribution in [0.3, 0.4) is 0 Å². The molecule has 0 radical (unpaired) electrons. The third kappa shape index (κ3) is 1.80. The van der Waals surface area contributed by atoms with Crippen molar-refractivity contribution in [1.82, 2.24) is 19.9 Å². The summed E-state index contributed by atoms with van der Waals surface area (Å²) in [6.07, 6.45) is 2.69. The van der Waals surface area contributed by atoms with Gasteiger partial charge < -0.3 is 4.90 Å². The molecular weight excluding hydrogens is 200 g/mol. The molecule has 2 heterocycles. The second kappa shape index (κ2) is 4.22. The van der Waals surface area contributed by atoms with Gasteiger partial charge in [0.1, 0.15) is 5.52 Å². The molecule has 1 aromatic carbocycles. The smallest absolute Gasteiger partial charge is 0.113 e. The number of nitrogens with zero attached hydrogens (tertiary/aromatic N) is 4. The molecule has 1 aliphatic rings. The van der Waals surface area contributed by atoms with Gasteiger partial charge in [-0.15, -0.1) is 5.10 Å². The fraction of sp³-hybridized carbons (Fsp3) is 0.500. The zero-order valence-electron chi connectivity index (χ0n) is 9.34. The molecule has 4 nitrogen and oxygen atoms in total. The van der Waals surface area contributed by atoms with Gasteiger partial charge in [-0.1, -0.05) is 17.3 Å². The first-order chi connectivity index (χ1) is 7.93. The van der Waals surface area contributed by atoms with Crippen LogP contribution in [0.15, 0.2) is 24.3 Å². The van der Waals surface area contributed by atoms with E-state index >= 15 is 0 Å². The number of hydrogen-bond acceptors (Lipinski definition) is 3. The Bertz CT molecular complexity index is 471. The van der Waals surface area contributed by atoms with Crippen molar-refractivity contribution in [3.63, 3.8) is 0 Å². The van der Waals surface area contributed by atoms with E-state index in [2.05, 4.69) is 21.3 Å². The minimum Gasteiger partial charge on any atom is -0.301 e. The molecular formula is C12H16N4. The second-order valence-electron chi connectivity index (χ2n) is 4.35. The normalized spacial score (nSPS) is 17.2. The lowest BCUT2D eigenvalue weighted by Gasteiger charge is -2.13. The first kappa shape index (κ1) is 9.78. The van der Waals surface area contributed by atoms with Crippen LogP contribution < -0.4 is 0 Å². The number of rotatable bonds is 3. The van der Waals surface area contributed by atoms with E-state index in [1.165, 1.54) is 25.9 Å². The van der Waals surface area contributed by atoms with E-state index in [1.807, 2.05) is 22.9 Å². The Labute approximate surface area is 94.9 Å². The van der Waals surface area contributed by atoms with Gasteiger partial charge in [-0.2, -0.15) is 0 Å². The van der Waals surface area contributed by atoms with Gasteiger partial charge in [0.2, 0.25) is 0 Å². The average Bonchev–Trinajstić information content (AvgIpc) is 2.96. The number of aromatic nitrogens is 3. The SMILES string of the molecule is c1ccc2c(c1)nnn2CCN1CCCC1. The molecule has 0 amide bonds. The summed E-state index contributed by atoms with van der Waals surface area (Å²) in [4.78, 5) is 2.50. The number of hydrogen-bond donors (Lipinski definition) is 0. The average molecular weight is 216 g/mol. The quantitative estimate of drug-likeness (QED) is 0.780. The first-order valence-electron chi connectivity index (χ1n) is 5.94. The fourth-order valence-corrected chi connectivity index (χ4v) is 2.32. The summed E-state index contributed by atoms with van der Waals surface area (Å²) in [6, 6.07) is 8.13. The summed E-state index contributed by atoms with van der Waals surface area (Å²) >= 11 is 0. The summed E-state index contributed by atoms with van der Waals surface area (Å²) in [6.45, 7) is 4.52. The van der Waals surface area contributed by atoms with Gasteiger partial charge in [0, 0.05) is 6.54 Å². The Balaban J connectivity index is 1.73. The van der Waals surface area contributed by atoms with Crippen molar-refractivity contribution in [2.45, 2.75) is 19.4 Å². The maximum absolute atomic E-state index is 4.20. The molecule has 1 aliphatic heterocycles. The minimum atomic E-state index is 0.945. The van der Waals surface area contributed by atoms with Crippen LogP contribution in [0, 0.1) is 0 Å². The number of benzene rings is 1. The zero-order chi connectivity index (χ0) is 10.8. The lowest BCUT2D eigenvalue weighted by Crippen LogP contribution is -2.24. The van der Waals surface area contributed by atoms with Crippen molar-refractivity contribution in [3.05, 3.63) is 24.3 Å². The highest BCUT2D eigenvalue weighted by Crippen LogP contribution is 2.11. The highest BCUT2D eigenvalue weighted by molar-refractivity contribution is 5.73. The van der Waals surface area contributed by atoms with Crippen LogP contribution in [-0.2, 0) is 6.54 Å². The van der Waals surface area contributed by atoms with Crippen molar-refractivity contribution in [1.29, 1.82) is 0 Å². The topological polar surface area (TPSA) is 34.0 Å². The van der Waals surface area contributed by atoms with Crippen molar-refractivity contribution in [2.24, 2.45) is 0 Å². The number of likely N-dealkylation sites (tertiary alicyclic amines) is 1. The van der Waals surface area contributed by atoms with Crippen LogP contribution in [-0.4, -0.2) is 39.5 Å². The van der Waals surface area contributed by atoms with E-state index in [1.54, 1.807) is 0 Å². The molecule has 2 aromatic rings.